The Balaban J connectivity index is 1.91. The highest BCUT2D eigenvalue weighted by Gasteiger charge is 2.36. The molecule has 1 saturated heterocycles. The molecule has 1 aliphatic heterocycles. The molecular weight excluding hydrogens is 369 g/mol. The van der Waals surface area contributed by atoms with Crippen molar-refractivity contribution in [1.29, 1.82) is 0 Å². The number of thioether (sulfide) groups is 1. The minimum atomic E-state index is -0.307. The van der Waals surface area contributed by atoms with Crippen LogP contribution in [-0.2, 0) is 4.79 Å². The molecule has 2 amide bonds. The number of hydrogen-bond donors (Lipinski definition) is 0. The van der Waals surface area contributed by atoms with Crippen molar-refractivity contribution in [2.24, 2.45) is 0 Å². The van der Waals surface area contributed by atoms with Crippen molar-refractivity contribution in [2.75, 3.05) is 0 Å². The fraction of sp³-hybridized carbons (Fsp3) is 0.176. The molecule has 0 atom stereocenters. The van der Waals surface area contributed by atoms with Gasteiger partial charge in [-0.15, -0.1) is 0 Å². The van der Waals surface area contributed by atoms with Crippen LogP contribution in [-0.4, -0.2) is 22.1 Å². The first-order chi connectivity index (χ1) is 11.4. The highest BCUT2D eigenvalue weighted by molar-refractivity contribution is 8.18. The van der Waals surface area contributed by atoms with Gasteiger partial charge in [-0.3, -0.25) is 14.5 Å². The Labute approximate surface area is 153 Å². The van der Waals surface area contributed by atoms with Gasteiger partial charge in [-0.25, -0.2) is 0 Å². The van der Waals surface area contributed by atoms with Crippen LogP contribution < -0.4 is 0 Å². The summed E-state index contributed by atoms with van der Waals surface area (Å²) in [4.78, 5) is 25.7. The molecule has 0 spiro atoms. The molecule has 0 saturated carbocycles. The Bertz CT molecular complexity index is 857. The van der Waals surface area contributed by atoms with E-state index in [-0.39, 0.29) is 17.2 Å². The second kappa shape index (κ2) is 6.67. The summed E-state index contributed by atoms with van der Waals surface area (Å²) in [5.74, 6) is 0.700. The summed E-state index contributed by atoms with van der Waals surface area (Å²) in [7, 11) is 0. The number of halogens is 2. The Hall–Kier alpha value is -1.69. The number of carbonyl (C=O) groups is 2. The van der Waals surface area contributed by atoms with Crippen molar-refractivity contribution in [2.45, 2.75) is 19.9 Å². The van der Waals surface area contributed by atoms with Crippen LogP contribution in [0.1, 0.15) is 19.6 Å². The van der Waals surface area contributed by atoms with E-state index in [1.807, 2.05) is 0 Å². The summed E-state index contributed by atoms with van der Waals surface area (Å²) < 4.78 is 5.73. The first kappa shape index (κ1) is 17.1. The van der Waals surface area contributed by atoms with Crippen molar-refractivity contribution >= 4 is 52.2 Å². The maximum atomic E-state index is 12.3. The molecular formula is C17H13Cl2NO3S. The Morgan fingerprint density at radius 2 is 1.92 bits per heavy atom. The Morgan fingerprint density at radius 3 is 2.58 bits per heavy atom. The third-order valence-corrected chi connectivity index (χ3v) is 5.16. The van der Waals surface area contributed by atoms with Gasteiger partial charge < -0.3 is 4.42 Å². The van der Waals surface area contributed by atoms with Crippen molar-refractivity contribution in [3.05, 3.63) is 51.0 Å². The minimum absolute atomic E-state index is 0.180. The quantitative estimate of drug-likeness (QED) is 0.639. The highest BCUT2D eigenvalue weighted by atomic mass is 35.5. The summed E-state index contributed by atoms with van der Waals surface area (Å²) in [6, 6.07) is 8.55. The highest BCUT2D eigenvalue weighted by Crippen LogP contribution is 2.36. The second-order valence-electron chi connectivity index (χ2n) is 5.45. The smallest absolute Gasteiger partial charge is 0.293 e. The van der Waals surface area contributed by atoms with Gasteiger partial charge >= 0.3 is 0 Å². The topological polar surface area (TPSA) is 50.5 Å². The zero-order valence-corrected chi connectivity index (χ0v) is 15.2. The van der Waals surface area contributed by atoms with E-state index >= 15 is 0 Å². The molecule has 0 N–H and O–H groups in total. The number of nitrogens with zero attached hydrogens (tertiary/aromatic N) is 1. The lowest BCUT2D eigenvalue weighted by molar-refractivity contribution is -0.123. The van der Waals surface area contributed by atoms with Crippen LogP contribution in [0.15, 0.2) is 39.7 Å². The number of furan rings is 1. The number of amides is 2. The second-order valence-corrected chi connectivity index (χ2v) is 7.23. The zero-order chi connectivity index (χ0) is 17.4. The number of imide groups is 1. The van der Waals surface area contributed by atoms with E-state index in [4.69, 9.17) is 27.6 Å². The van der Waals surface area contributed by atoms with E-state index in [9.17, 15) is 9.59 Å². The number of hydrogen-bond acceptors (Lipinski definition) is 4. The molecule has 0 radical (unpaired) electrons. The maximum Gasteiger partial charge on any atom is 0.293 e. The van der Waals surface area contributed by atoms with E-state index < -0.39 is 0 Å². The third kappa shape index (κ3) is 3.11. The van der Waals surface area contributed by atoms with E-state index in [1.165, 1.54) is 4.90 Å². The summed E-state index contributed by atoms with van der Waals surface area (Å²) in [5, 5.41) is 0.566. The van der Waals surface area contributed by atoms with Crippen LogP contribution in [0.3, 0.4) is 0 Å². The zero-order valence-electron chi connectivity index (χ0n) is 12.9. The Kier molecular flexibility index (Phi) is 4.76. The molecule has 7 heteroatoms. The van der Waals surface area contributed by atoms with Crippen LogP contribution >= 0.6 is 35.0 Å². The SMILES string of the molecule is CC(C)N1C(=O)S/C(=C\c2ccc(-c3cccc(Cl)c3Cl)o2)C1=O. The van der Waals surface area contributed by atoms with E-state index in [2.05, 4.69) is 0 Å². The number of carbonyl (C=O) groups excluding carboxylic acids is 2. The molecule has 0 unspecified atom stereocenters. The maximum absolute atomic E-state index is 12.3. The van der Waals surface area contributed by atoms with E-state index in [0.29, 0.717) is 32.0 Å². The van der Waals surface area contributed by atoms with Crippen molar-refractivity contribution in [3.8, 4) is 11.3 Å². The summed E-state index contributed by atoms with van der Waals surface area (Å²) >= 11 is 13.1. The lowest BCUT2D eigenvalue weighted by Gasteiger charge is -2.16. The van der Waals surface area contributed by atoms with Gasteiger partial charge in [-0.05, 0) is 49.9 Å². The fourth-order valence-corrected chi connectivity index (χ4v) is 3.66. The van der Waals surface area contributed by atoms with Gasteiger partial charge in [0.05, 0.1) is 15.0 Å². The van der Waals surface area contributed by atoms with Gasteiger partial charge in [0.1, 0.15) is 11.5 Å². The monoisotopic (exact) mass is 381 g/mol. The first-order valence-corrected chi connectivity index (χ1v) is 8.77. The van der Waals surface area contributed by atoms with Gasteiger partial charge in [-0.2, -0.15) is 0 Å². The van der Waals surface area contributed by atoms with Gasteiger partial charge in [0.25, 0.3) is 11.1 Å². The normalized spacial score (nSPS) is 16.7. The predicted octanol–water partition coefficient (Wildman–Crippen LogP) is 5.70. The molecule has 2 heterocycles. The summed E-state index contributed by atoms with van der Waals surface area (Å²) in [5.41, 5.74) is 0.666. The predicted molar refractivity (Wildman–Crippen MR) is 97.1 cm³/mol. The average Bonchev–Trinajstić information content (AvgIpc) is 3.07. The van der Waals surface area contributed by atoms with Gasteiger partial charge in [0, 0.05) is 17.7 Å². The molecule has 1 aromatic heterocycles. The van der Waals surface area contributed by atoms with E-state index in [0.717, 1.165) is 11.8 Å². The average molecular weight is 382 g/mol. The molecule has 0 bridgehead atoms. The Morgan fingerprint density at radius 1 is 1.17 bits per heavy atom. The molecule has 2 aromatic rings. The van der Waals surface area contributed by atoms with Crippen LogP contribution in [0.5, 0.6) is 0 Å². The molecule has 24 heavy (non-hydrogen) atoms. The van der Waals surface area contributed by atoms with Gasteiger partial charge in [0.15, 0.2) is 0 Å². The number of benzene rings is 1. The summed E-state index contributed by atoms with van der Waals surface area (Å²) in [6.45, 7) is 3.59. The van der Waals surface area contributed by atoms with Crippen molar-refractivity contribution in [1.82, 2.24) is 4.90 Å². The van der Waals surface area contributed by atoms with Crippen LogP contribution in [0.4, 0.5) is 4.79 Å². The molecule has 0 aliphatic carbocycles. The molecule has 4 nitrogen and oxygen atoms in total. The first-order valence-electron chi connectivity index (χ1n) is 7.19. The van der Waals surface area contributed by atoms with Gasteiger partial charge in [0.2, 0.25) is 0 Å². The third-order valence-electron chi connectivity index (χ3n) is 3.46. The fourth-order valence-electron chi connectivity index (χ4n) is 2.32. The van der Waals surface area contributed by atoms with Crippen molar-refractivity contribution in [3.63, 3.8) is 0 Å². The molecule has 124 valence electrons. The number of rotatable bonds is 3. The largest absolute Gasteiger partial charge is 0.457 e. The standard InChI is InChI=1S/C17H13Cl2NO3S/c1-9(2)20-16(21)14(24-17(20)22)8-10-6-7-13(23-10)11-4-3-5-12(18)15(11)19/h3-9H,1-2H3/b14-8-. The van der Waals surface area contributed by atoms with Crippen LogP contribution in [0.2, 0.25) is 10.0 Å². The summed E-state index contributed by atoms with van der Waals surface area (Å²) in [6.07, 6.45) is 1.56. The van der Waals surface area contributed by atoms with Crippen LogP contribution in [0.25, 0.3) is 17.4 Å². The van der Waals surface area contributed by atoms with Crippen LogP contribution in [0, 0.1) is 0 Å². The molecule has 1 aromatic carbocycles. The van der Waals surface area contributed by atoms with Crippen molar-refractivity contribution < 1.29 is 14.0 Å². The lowest BCUT2D eigenvalue weighted by atomic mass is 10.2. The molecule has 3 rings (SSSR count). The van der Waals surface area contributed by atoms with E-state index in [1.54, 1.807) is 50.3 Å². The lowest BCUT2D eigenvalue weighted by Crippen LogP contribution is -2.34. The molecule has 1 aliphatic rings. The minimum Gasteiger partial charge on any atom is -0.457 e. The van der Waals surface area contributed by atoms with Gasteiger partial charge in [-0.1, -0.05) is 29.3 Å². The molecule has 1 fully saturated rings.